The van der Waals surface area contributed by atoms with Crippen LogP contribution < -0.4 is 20.6 Å². The zero-order valence-electron chi connectivity index (χ0n) is 17.6. The highest BCUT2D eigenvalue weighted by molar-refractivity contribution is 6.76. The Hall–Kier alpha value is -3.48. The summed E-state index contributed by atoms with van der Waals surface area (Å²) in [6.45, 7) is 7.37. The Morgan fingerprint density at radius 3 is 2.20 bits per heavy atom. The van der Waals surface area contributed by atoms with Gasteiger partial charge in [-0.05, 0) is 6.04 Å². The molecule has 0 spiro atoms. The summed E-state index contributed by atoms with van der Waals surface area (Å²) in [4.78, 5) is 22.6. The van der Waals surface area contributed by atoms with E-state index in [0.29, 0.717) is 6.61 Å². The second-order valence-corrected chi connectivity index (χ2v) is 12.7. The van der Waals surface area contributed by atoms with Gasteiger partial charge in [0.05, 0.1) is 14.2 Å². The molecule has 0 amide bonds. The van der Waals surface area contributed by atoms with E-state index in [1.165, 1.54) is 26.4 Å². The van der Waals surface area contributed by atoms with Gasteiger partial charge in [0.25, 0.3) is 0 Å². The molecular formula is C18H24N6O5Si. The highest BCUT2D eigenvalue weighted by Crippen LogP contribution is 2.08. The first-order valence-electron chi connectivity index (χ1n) is 8.83. The number of methoxy groups -OCH3 is 2. The van der Waals surface area contributed by atoms with Crippen LogP contribution in [0.2, 0.25) is 25.7 Å². The SMILES string of the molecule is COc1cc(C#N)n[nH]c1=O.COc1cc(C#N)nn(COCC[Si](C)(C)C)c1=O. The average molecular weight is 433 g/mol. The third kappa shape index (κ3) is 7.87. The first-order chi connectivity index (χ1) is 14.1. The number of hydrogen-bond acceptors (Lipinski definition) is 9. The number of rotatable bonds is 7. The molecule has 160 valence electrons. The van der Waals surface area contributed by atoms with Crippen molar-refractivity contribution in [3.8, 4) is 23.6 Å². The van der Waals surface area contributed by atoms with Gasteiger partial charge in [0.2, 0.25) is 0 Å². The van der Waals surface area contributed by atoms with E-state index < -0.39 is 19.2 Å². The van der Waals surface area contributed by atoms with Crippen LogP contribution in [0.4, 0.5) is 0 Å². The summed E-state index contributed by atoms with van der Waals surface area (Å²) >= 11 is 0. The van der Waals surface area contributed by atoms with Gasteiger partial charge >= 0.3 is 11.1 Å². The molecule has 0 unspecified atom stereocenters. The van der Waals surface area contributed by atoms with Crippen molar-refractivity contribution in [3.05, 3.63) is 44.2 Å². The van der Waals surface area contributed by atoms with E-state index in [9.17, 15) is 9.59 Å². The Labute approximate surface area is 174 Å². The van der Waals surface area contributed by atoms with E-state index in [2.05, 4.69) is 39.7 Å². The molecule has 0 radical (unpaired) electrons. The van der Waals surface area contributed by atoms with Crippen molar-refractivity contribution in [1.82, 2.24) is 20.0 Å². The minimum Gasteiger partial charge on any atom is -0.491 e. The summed E-state index contributed by atoms with van der Waals surface area (Å²) in [5.74, 6) is 0.192. The van der Waals surface area contributed by atoms with Crippen molar-refractivity contribution in [2.45, 2.75) is 32.4 Å². The lowest BCUT2D eigenvalue weighted by Crippen LogP contribution is -2.27. The van der Waals surface area contributed by atoms with Gasteiger partial charge in [-0.3, -0.25) is 9.59 Å². The minimum absolute atomic E-state index is 0.0369. The van der Waals surface area contributed by atoms with Crippen LogP contribution in [0.5, 0.6) is 11.5 Å². The van der Waals surface area contributed by atoms with Gasteiger partial charge < -0.3 is 14.2 Å². The fourth-order valence-electron chi connectivity index (χ4n) is 1.93. The van der Waals surface area contributed by atoms with Crippen molar-refractivity contribution in [1.29, 1.82) is 10.5 Å². The summed E-state index contributed by atoms with van der Waals surface area (Å²) in [5, 5.41) is 26.6. The van der Waals surface area contributed by atoms with Gasteiger partial charge in [0.1, 0.15) is 18.9 Å². The van der Waals surface area contributed by atoms with E-state index >= 15 is 0 Å². The molecule has 2 aromatic rings. The fourth-order valence-corrected chi connectivity index (χ4v) is 2.69. The Morgan fingerprint density at radius 1 is 1.07 bits per heavy atom. The molecule has 2 aromatic heterocycles. The number of aromatic nitrogens is 4. The molecule has 0 aliphatic rings. The molecule has 0 aromatic carbocycles. The molecule has 0 aliphatic carbocycles. The van der Waals surface area contributed by atoms with Crippen LogP contribution in [0, 0.1) is 22.7 Å². The number of aromatic amines is 1. The second-order valence-electron chi connectivity index (χ2n) is 7.12. The van der Waals surface area contributed by atoms with E-state index in [4.69, 9.17) is 20.0 Å². The van der Waals surface area contributed by atoms with Crippen molar-refractivity contribution < 1.29 is 14.2 Å². The molecule has 0 bridgehead atoms. The zero-order valence-corrected chi connectivity index (χ0v) is 18.6. The maximum atomic E-state index is 11.9. The van der Waals surface area contributed by atoms with Crippen LogP contribution in [0.1, 0.15) is 11.4 Å². The second kappa shape index (κ2) is 11.5. The van der Waals surface area contributed by atoms with Gasteiger partial charge in [0.15, 0.2) is 22.9 Å². The Morgan fingerprint density at radius 2 is 1.67 bits per heavy atom. The lowest BCUT2D eigenvalue weighted by Gasteiger charge is -2.15. The van der Waals surface area contributed by atoms with Crippen LogP contribution in [0.3, 0.4) is 0 Å². The van der Waals surface area contributed by atoms with Crippen LogP contribution in [-0.4, -0.2) is 48.9 Å². The molecule has 0 atom stereocenters. The van der Waals surface area contributed by atoms with Crippen molar-refractivity contribution in [2.75, 3.05) is 20.8 Å². The predicted molar refractivity (Wildman–Crippen MR) is 110 cm³/mol. The quantitative estimate of drug-likeness (QED) is 0.499. The van der Waals surface area contributed by atoms with Gasteiger partial charge in [-0.2, -0.15) is 25.4 Å². The first kappa shape index (κ1) is 24.6. The molecular weight excluding hydrogens is 408 g/mol. The van der Waals surface area contributed by atoms with E-state index in [1.54, 1.807) is 6.07 Å². The monoisotopic (exact) mass is 432 g/mol. The van der Waals surface area contributed by atoms with Gasteiger partial charge in [-0.15, -0.1) is 0 Å². The molecule has 0 saturated carbocycles. The Kier molecular flexibility index (Phi) is 9.41. The number of ether oxygens (including phenoxy) is 3. The molecule has 0 aliphatic heterocycles. The van der Waals surface area contributed by atoms with E-state index in [0.717, 1.165) is 10.7 Å². The molecule has 12 heteroatoms. The number of nitrogens with one attached hydrogen (secondary N) is 1. The van der Waals surface area contributed by atoms with Crippen molar-refractivity contribution >= 4 is 8.07 Å². The Bertz CT molecular complexity index is 1050. The van der Waals surface area contributed by atoms with Crippen LogP contribution >= 0.6 is 0 Å². The standard InChI is InChI=1S/C12H19N3O3Si.C6H5N3O2/c1-17-11-7-10(8-13)14-15(12(11)16)9-18-5-6-19(2,3)4;1-11-5-2-4(3-7)8-9-6(5)10/h7H,5-6,9H2,1-4H3;2H,1H3,(H,9,10). The largest absolute Gasteiger partial charge is 0.491 e. The number of H-pyrrole nitrogens is 1. The normalized spacial score (nSPS) is 10.2. The lowest BCUT2D eigenvalue weighted by molar-refractivity contribution is 0.0740. The summed E-state index contributed by atoms with van der Waals surface area (Å²) in [5.41, 5.74) is -0.576. The van der Waals surface area contributed by atoms with Crippen molar-refractivity contribution in [3.63, 3.8) is 0 Å². The molecule has 30 heavy (non-hydrogen) atoms. The zero-order chi connectivity index (χ0) is 22.7. The molecule has 2 heterocycles. The van der Waals surface area contributed by atoms with Crippen LogP contribution in [-0.2, 0) is 11.5 Å². The van der Waals surface area contributed by atoms with Gasteiger partial charge in [0, 0.05) is 26.8 Å². The third-order valence-corrected chi connectivity index (χ3v) is 5.29. The highest BCUT2D eigenvalue weighted by Gasteiger charge is 2.13. The van der Waals surface area contributed by atoms with Gasteiger partial charge in [-0.1, -0.05) is 19.6 Å². The smallest absolute Gasteiger partial charge is 0.311 e. The van der Waals surface area contributed by atoms with Crippen LogP contribution in [0.25, 0.3) is 0 Å². The maximum absolute atomic E-state index is 11.9. The number of nitriles is 2. The Balaban J connectivity index is 0.000000346. The fraction of sp³-hybridized carbons (Fsp3) is 0.444. The molecule has 11 nitrogen and oxygen atoms in total. The highest BCUT2D eigenvalue weighted by atomic mass is 28.3. The molecule has 2 rings (SSSR count). The summed E-state index contributed by atoms with van der Waals surface area (Å²) in [6.07, 6.45) is 0. The lowest BCUT2D eigenvalue weighted by atomic mass is 10.4. The molecule has 1 N–H and O–H groups in total. The van der Waals surface area contributed by atoms with E-state index in [1.807, 2.05) is 6.07 Å². The molecule has 0 saturated heterocycles. The summed E-state index contributed by atoms with van der Waals surface area (Å²) in [6, 6.07) is 7.26. The first-order valence-corrected chi connectivity index (χ1v) is 12.5. The maximum Gasteiger partial charge on any atom is 0.311 e. The third-order valence-electron chi connectivity index (χ3n) is 3.59. The number of hydrogen-bond donors (Lipinski definition) is 1. The number of nitrogens with zero attached hydrogens (tertiary/aromatic N) is 5. The minimum atomic E-state index is -1.15. The van der Waals surface area contributed by atoms with Crippen LogP contribution in [0.15, 0.2) is 21.7 Å². The topological polar surface area (TPSA) is 156 Å². The molecule has 0 fully saturated rings. The summed E-state index contributed by atoms with van der Waals surface area (Å²) < 4.78 is 16.1. The average Bonchev–Trinajstić information content (AvgIpc) is 2.72. The van der Waals surface area contributed by atoms with E-state index in [-0.39, 0.29) is 29.6 Å². The summed E-state index contributed by atoms with van der Waals surface area (Å²) in [7, 11) is 1.58. The predicted octanol–water partition coefficient (Wildman–Crippen LogP) is 1.09. The van der Waals surface area contributed by atoms with Crippen molar-refractivity contribution in [2.24, 2.45) is 0 Å². The van der Waals surface area contributed by atoms with Gasteiger partial charge in [-0.25, -0.2) is 5.10 Å².